The monoisotopic (exact) mass is 253 g/mol. The van der Waals surface area contributed by atoms with E-state index in [9.17, 15) is 0 Å². The van der Waals surface area contributed by atoms with Gasteiger partial charge in [-0.1, -0.05) is 0 Å². The Bertz CT molecular complexity index is 392. The molecular weight excluding hydrogens is 234 g/mol. The summed E-state index contributed by atoms with van der Waals surface area (Å²) in [6.07, 6.45) is 2.42. The summed E-state index contributed by atoms with van der Waals surface area (Å²) in [4.78, 5) is 14.3. The third-order valence-corrected chi connectivity index (χ3v) is 2.66. The second kappa shape index (κ2) is 5.78. The number of nitrogen functional groups attached to an aromatic ring is 1. The Hall–Kier alpha value is -1.67. The zero-order chi connectivity index (χ0) is 13.0. The molecule has 0 spiro atoms. The minimum Gasteiger partial charge on any atom is -0.376 e. The number of rotatable bonds is 5. The van der Waals surface area contributed by atoms with Gasteiger partial charge in [0.15, 0.2) is 0 Å². The molecule has 8 nitrogen and oxygen atoms in total. The Morgan fingerprint density at radius 1 is 1.33 bits per heavy atom. The molecule has 4 N–H and O–H groups in total. The normalized spacial score (nSPS) is 18.7. The van der Waals surface area contributed by atoms with E-state index in [2.05, 4.69) is 25.7 Å². The number of nitrogens with two attached hydrogens (primary N) is 1. The Kier molecular flexibility index (Phi) is 4.11. The minimum atomic E-state index is 0.235. The van der Waals surface area contributed by atoms with Crippen molar-refractivity contribution in [2.75, 3.05) is 42.9 Å². The van der Waals surface area contributed by atoms with E-state index in [0.29, 0.717) is 24.4 Å². The van der Waals surface area contributed by atoms with Crippen molar-refractivity contribution in [2.24, 2.45) is 5.84 Å². The summed E-state index contributed by atoms with van der Waals surface area (Å²) < 4.78 is 5.52. The second-order valence-corrected chi connectivity index (χ2v) is 4.34. The van der Waals surface area contributed by atoms with E-state index in [1.54, 1.807) is 4.90 Å². The highest BCUT2D eigenvalue weighted by molar-refractivity contribution is 5.42. The molecule has 1 aliphatic rings. The predicted molar refractivity (Wildman–Crippen MR) is 69.4 cm³/mol. The smallest absolute Gasteiger partial charge is 0.243 e. The molecule has 1 aliphatic heterocycles. The van der Waals surface area contributed by atoms with Gasteiger partial charge in [-0.3, -0.25) is 5.43 Å². The zero-order valence-electron chi connectivity index (χ0n) is 10.7. The first kappa shape index (κ1) is 12.8. The highest BCUT2D eigenvalue weighted by atomic mass is 16.5. The molecule has 0 aliphatic carbocycles. The number of aromatic nitrogens is 3. The van der Waals surface area contributed by atoms with Gasteiger partial charge in [0.25, 0.3) is 0 Å². The van der Waals surface area contributed by atoms with Crippen LogP contribution in [0.1, 0.15) is 12.8 Å². The van der Waals surface area contributed by atoms with Crippen LogP contribution < -0.4 is 21.5 Å². The van der Waals surface area contributed by atoms with Gasteiger partial charge >= 0.3 is 0 Å². The molecule has 100 valence electrons. The van der Waals surface area contributed by atoms with E-state index in [-0.39, 0.29) is 6.10 Å². The summed E-state index contributed by atoms with van der Waals surface area (Å²) in [5.74, 6) is 6.72. The summed E-state index contributed by atoms with van der Waals surface area (Å²) in [7, 11) is 3.72. The largest absolute Gasteiger partial charge is 0.376 e. The van der Waals surface area contributed by atoms with Crippen molar-refractivity contribution in [3.05, 3.63) is 0 Å². The average Bonchev–Trinajstić information content (AvgIpc) is 2.89. The van der Waals surface area contributed by atoms with E-state index < -0.39 is 0 Å². The molecule has 0 bridgehead atoms. The van der Waals surface area contributed by atoms with Crippen molar-refractivity contribution in [2.45, 2.75) is 18.9 Å². The highest BCUT2D eigenvalue weighted by Gasteiger charge is 2.16. The lowest BCUT2D eigenvalue weighted by Gasteiger charge is -2.14. The van der Waals surface area contributed by atoms with Gasteiger partial charge in [0.05, 0.1) is 6.10 Å². The first-order chi connectivity index (χ1) is 8.69. The molecule has 0 amide bonds. The first-order valence-corrected chi connectivity index (χ1v) is 5.94. The van der Waals surface area contributed by atoms with Gasteiger partial charge < -0.3 is 15.0 Å². The molecule has 1 saturated heterocycles. The Morgan fingerprint density at radius 2 is 2.11 bits per heavy atom. The van der Waals surface area contributed by atoms with E-state index in [1.165, 1.54) is 0 Å². The summed E-state index contributed by atoms with van der Waals surface area (Å²) >= 11 is 0. The highest BCUT2D eigenvalue weighted by Crippen LogP contribution is 2.14. The zero-order valence-corrected chi connectivity index (χ0v) is 10.7. The Labute approximate surface area is 106 Å². The van der Waals surface area contributed by atoms with Crippen molar-refractivity contribution >= 4 is 17.8 Å². The molecule has 0 saturated carbocycles. The van der Waals surface area contributed by atoms with Crippen LogP contribution in [-0.2, 0) is 4.74 Å². The molecule has 1 aromatic heterocycles. The summed E-state index contributed by atoms with van der Waals surface area (Å²) in [5, 5.41) is 3.15. The molecule has 1 fully saturated rings. The quantitative estimate of drug-likeness (QED) is 0.490. The number of anilines is 3. The molecule has 18 heavy (non-hydrogen) atoms. The van der Waals surface area contributed by atoms with Crippen molar-refractivity contribution in [1.29, 1.82) is 0 Å². The van der Waals surface area contributed by atoms with E-state index >= 15 is 0 Å². The Morgan fingerprint density at radius 3 is 2.72 bits per heavy atom. The molecule has 0 radical (unpaired) electrons. The van der Waals surface area contributed by atoms with E-state index in [1.807, 2.05) is 14.1 Å². The van der Waals surface area contributed by atoms with Gasteiger partial charge in [0.1, 0.15) is 0 Å². The molecular formula is C10H19N7O. The third kappa shape index (κ3) is 3.17. The number of hydrogen-bond donors (Lipinski definition) is 3. The lowest BCUT2D eigenvalue weighted by atomic mass is 10.2. The topological polar surface area (TPSA) is 101 Å². The van der Waals surface area contributed by atoms with Crippen LogP contribution >= 0.6 is 0 Å². The summed E-state index contributed by atoms with van der Waals surface area (Å²) in [6, 6.07) is 0. The fourth-order valence-electron chi connectivity index (χ4n) is 1.72. The first-order valence-electron chi connectivity index (χ1n) is 5.94. The van der Waals surface area contributed by atoms with Gasteiger partial charge in [-0.15, -0.1) is 0 Å². The maximum atomic E-state index is 5.52. The van der Waals surface area contributed by atoms with Crippen LogP contribution in [-0.4, -0.2) is 48.3 Å². The van der Waals surface area contributed by atoms with Crippen LogP contribution in [0.4, 0.5) is 17.8 Å². The summed E-state index contributed by atoms with van der Waals surface area (Å²) in [6.45, 7) is 1.53. The van der Waals surface area contributed by atoms with Crippen molar-refractivity contribution < 1.29 is 4.74 Å². The number of ether oxygens (including phenoxy) is 1. The molecule has 1 unspecified atom stereocenters. The van der Waals surface area contributed by atoms with Crippen molar-refractivity contribution in [3.8, 4) is 0 Å². The fraction of sp³-hybridized carbons (Fsp3) is 0.700. The second-order valence-electron chi connectivity index (χ2n) is 4.34. The number of hydrazine groups is 1. The summed E-state index contributed by atoms with van der Waals surface area (Å²) in [5.41, 5.74) is 2.43. The SMILES string of the molecule is CN(C)c1nc(NN)nc(NCC2CCCO2)n1. The molecule has 1 aromatic rings. The average molecular weight is 253 g/mol. The van der Waals surface area contributed by atoms with E-state index in [0.717, 1.165) is 19.4 Å². The van der Waals surface area contributed by atoms with Gasteiger partial charge in [0, 0.05) is 27.2 Å². The van der Waals surface area contributed by atoms with E-state index in [4.69, 9.17) is 10.6 Å². The molecule has 1 atom stereocenters. The van der Waals surface area contributed by atoms with Crippen LogP contribution in [0.25, 0.3) is 0 Å². The van der Waals surface area contributed by atoms with Gasteiger partial charge in [-0.05, 0) is 12.8 Å². The van der Waals surface area contributed by atoms with Crippen LogP contribution in [0.15, 0.2) is 0 Å². The van der Waals surface area contributed by atoms with Gasteiger partial charge in [-0.25, -0.2) is 5.84 Å². The standard InChI is InChI=1S/C10H19N7O/c1-17(2)10-14-8(13-9(15-10)16-11)12-6-7-4-3-5-18-7/h7H,3-6,11H2,1-2H3,(H2,12,13,14,15,16). The lowest BCUT2D eigenvalue weighted by Crippen LogP contribution is -2.22. The van der Waals surface area contributed by atoms with Crippen LogP contribution in [0.2, 0.25) is 0 Å². The fourth-order valence-corrected chi connectivity index (χ4v) is 1.72. The molecule has 2 heterocycles. The Balaban J connectivity index is 2.03. The predicted octanol–water partition coefficient (Wildman–Crippen LogP) is -0.186. The van der Waals surface area contributed by atoms with Gasteiger partial charge in [-0.2, -0.15) is 15.0 Å². The van der Waals surface area contributed by atoms with Gasteiger partial charge in [0.2, 0.25) is 17.8 Å². The number of hydrogen-bond acceptors (Lipinski definition) is 8. The third-order valence-electron chi connectivity index (χ3n) is 2.66. The lowest BCUT2D eigenvalue weighted by molar-refractivity contribution is 0.120. The maximum absolute atomic E-state index is 5.52. The van der Waals surface area contributed by atoms with Crippen LogP contribution in [0.5, 0.6) is 0 Å². The van der Waals surface area contributed by atoms with Crippen LogP contribution in [0.3, 0.4) is 0 Å². The molecule has 8 heteroatoms. The van der Waals surface area contributed by atoms with Crippen molar-refractivity contribution in [1.82, 2.24) is 15.0 Å². The molecule has 2 rings (SSSR count). The van der Waals surface area contributed by atoms with Crippen molar-refractivity contribution in [3.63, 3.8) is 0 Å². The maximum Gasteiger partial charge on any atom is 0.243 e. The molecule has 0 aromatic carbocycles. The minimum absolute atomic E-state index is 0.235. The number of nitrogens with zero attached hydrogens (tertiary/aromatic N) is 4. The number of nitrogens with one attached hydrogen (secondary N) is 2. The van der Waals surface area contributed by atoms with Crippen LogP contribution in [0, 0.1) is 0 Å².